The zero-order chi connectivity index (χ0) is 21.4. The second-order valence-corrected chi connectivity index (χ2v) is 9.08. The van der Waals surface area contributed by atoms with Gasteiger partial charge in [0.2, 0.25) is 10.0 Å². The Bertz CT molecular complexity index is 970. The maximum atomic E-state index is 12.5. The molecule has 1 amide bonds. The van der Waals surface area contributed by atoms with E-state index in [2.05, 4.69) is 10.0 Å². The Morgan fingerprint density at radius 1 is 0.967 bits per heavy atom. The van der Waals surface area contributed by atoms with E-state index in [0.717, 1.165) is 31.2 Å². The molecule has 160 valence electrons. The van der Waals surface area contributed by atoms with Gasteiger partial charge in [0.1, 0.15) is 0 Å². The van der Waals surface area contributed by atoms with Crippen LogP contribution in [0.5, 0.6) is 0 Å². The lowest BCUT2D eigenvalue weighted by Crippen LogP contribution is -2.38. The summed E-state index contributed by atoms with van der Waals surface area (Å²) in [6.07, 6.45) is 5.24. The summed E-state index contributed by atoms with van der Waals surface area (Å²) in [7, 11) is -3.80. The molecule has 0 atom stereocenters. The number of rotatable bonds is 8. The Labute approximate surface area is 176 Å². The summed E-state index contributed by atoms with van der Waals surface area (Å²) in [6, 6.07) is 14.8. The van der Waals surface area contributed by atoms with Crippen LogP contribution in [0.25, 0.3) is 0 Å². The van der Waals surface area contributed by atoms with Gasteiger partial charge in [0.15, 0.2) is 6.61 Å². The maximum Gasteiger partial charge on any atom is 0.338 e. The first-order valence-corrected chi connectivity index (χ1v) is 11.5. The molecule has 30 heavy (non-hydrogen) atoms. The molecule has 0 aliphatic heterocycles. The highest BCUT2D eigenvalue weighted by Crippen LogP contribution is 2.17. The molecule has 0 bridgehead atoms. The molecule has 1 fully saturated rings. The van der Waals surface area contributed by atoms with E-state index in [1.54, 1.807) is 0 Å². The number of ether oxygens (including phenoxy) is 1. The van der Waals surface area contributed by atoms with Gasteiger partial charge in [-0.3, -0.25) is 4.79 Å². The highest BCUT2D eigenvalue weighted by molar-refractivity contribution is 7.89. The lowest BCUT2D eigenvalue weighted by molar-refractivity contribution is -0.125. The van der Waals surface area contributed by atoms with Crippen LogP contribution < -0.4 is 10.0 Å². The maximum absolute atomic E-state index is 12.5. The molecule has 7 nitrogen and oxygen atoms in total. The van der Waals surface area contributed by atoms with Crippen molar-refractivity contribution in [3.8, 4) is 0 Å². The van der Waals surface area contributed by atoms with E-state index in [0.29, 0.717) is 0 Å². The summed E-state index contributed by atoms with van der Waals surface area (Å²) in [5.41, 5.74) is 0.892. The molecule has 0 spiro atoms. The zero-order valence-corrected chi connectivity index (χ0v) is 17.5. The van der Waals surface area contributed by atoms with Gasteiger partial charge in [0.25, 0.3) is 5.91 Å². The first kappa shape index (κ1) is 22.0. The third kappa shape index (κ3) is 6.40. The molecule has 2 N–H and O–H groups in total. The number of amides is 1. The fourth-order valence-corrected chi connectivity index (χ4v) is 4.44. The molecule has 0 radical (unpaired) electrons. The van der Waals surface area contributed by atoms with Gasteiger partial charge in [0.05, 0.1) is 10.5 Å². The second kappa shape index (κ2) is 10.4. The predicted molar refractivity (Wildman–Crippen MR) is 112 cm³/mol. The van der Waals surface area contributed by atoms with Crippen LogP contribution in [0.3, 0.4) is 0 Å². The molecule has 1 aliphatic carbocycles. The number of carbonyl (C=O) groups is 2. The van der Waals surface area contributed by atoms with Crippen molar-refractivity contribution in [2.75, 3.05) is 6.61 Å². The molecule has 0 saturated heterocycles. The number of esters is 1. The number of sulfonamides is 1. The van der Waals surface area contributed by atoms with Crippen LogP contribution in [0, 0.1) is 0 Å². The summed E-state index contributed by atoms with van der Waals surface area (Å²) < 4.78 is 32.7. The van der Waals surface area contributed by atoms with E-state index in [4.69, 9.17) is 4.74 Å². The summed E-state index contributed by atoms with van der Waals surface area (Å²) >= 11 is 0. The first-order chi connectivity index (χ1) is 14.4. The summed E-state index contributed by atoms with van der Waals surface area (Å²) in [6.45, 7) is -0.252. The van der Waals surface area contributed by atoms with Crippen LogP contribution in [-0.4, -0.2) is 32.9 Å². The van der Waals surface area contributed by atoms with Gasteiger partial charge >= 0.3 is 5.97 Å². The fraction of sp³-hybridized carbons (Fsp3) is 0.364. The SMILES string of the molecule is O=C(COC(=O)c1cccc(S(=O)(=O)NCc2ccccc2)c1)NC1CCCCC1. The van der Waals surface area contributed by atoms with Crippen molar-refractivity contribution in [1.82, 2.24) is 10.0 Å². The molecule has 2 aromatic carbocycles. The minimum absolute atomic E-state index is 0.0421. The smallest absolute Gasteiger partial charge is 0.338 e. The Kier molecular flexibility index (Phi) is 7.59. The Morgan fingerprint density at radius 3 is 2.43 bits per heavy atom. The minimum Gasteiger partial charge on any atom is -0.452 e. The van der Waals surface area contributed by atoms with E-state index in [1.165, 1.54) is 30.7 Å². The zero-order valence-electron chi connectivity index (χ0n) is 16.7. The van der Waals surface area contributed by atoms with E-state index in [9.17, 15) is 18.0 Å². The van der Waals surface area contributed by atoms with Crippen molar-refractivity contribution in [1.29, 1.82) is 0 Å². The van der Waals surface area contributed by atoms with Gasteiger partial charge in [0, 0.05) is 12.6 Å². The van der Waals surface area contributed by atoms with Crippen molar-refractivity contribution in [2.24, 2.45) is 0 Å². The molecule has 0 aromatic heterocycles. The van der Waals surface area contributed by atoms with Gasteiger partial charge < -0.3 is 10.1 Å². The topological polar surface area (TPSA) is 102 Å². The average molecular weight is 431 g/mol. The third-order valence-electron chi connectivity index (χ3n) is 4.99. The number of hydrogen-bond donors (Lipinski definition) is 2. The largest absolute Gasteiger partial charge is 0.452 e. The van der Waals surface area contributed by atoms with Gasteiger partial charge in [-0.25, -0.2) is 17.9 Å². The molecule has 0 unspecified atom stereocenters. The lowest BCUT2D eigenvalue weighted by atomic mass is 9.95. The quantitative estimate of drug-likeness (QED) is 0.627. The van der Waals surface area contributed by atoms with E-state index in [-0.39, 0.29) is 29.0 Å². The van der Waals surface area contributed by atoms with Crippen LogP contribution in [0.2, 0.25) is 0 Å². The molecular formula is C22H26N2O5S. The van der Waals surface area contributed by atoms with Crippen molar-refractivity contribution in [3.05, 3.63) is 65.7 Å². The average Bonchev–Trinajstić information content (AvgIpc) is 2.77. The number of benzene rings is 2. The molecular weight excluding hydrogens is 404 g/mol. The second-order valence-electron chi connectivity index (χ2n) is 7.32. The Hall–Kier alpha value is -2.71. The van der Waals surface area contributed by atoms with Crippen LogP contribution in [-0.2, 0) is 26.1 Å². The normalized spacial score (nSPS) is 14.8. The Balaban J connectivity index is 1.55. The number of hydrogen-bond acceptors (Lipinski definition) is 5. The van der Waals surface area contributed by atoms with Gasteiger partial charge in [-0.15, -0.1) is 0 Å². The van der Waals surface area contributed by atoms with Crippen LogP contribution in [0.1, 0.15) is 48.0 Å². The summed E-state index contributed by atoms with van der Waals surface area (Å²) in [4.78, 5) is 24.2. The monoisotopic (exact) mass is 430 g/mol. The van der Waals surface area contributed by atoms with Crippen molar-refractivity contribution in [2.45, 2.75) is 49.6 Å². The van der Waals surface area contributed by atoms with Gasteiger partial charge in [-0.05, 0) is 36.6 Å². The van der Waals surface area contributed by atoms with Crippen LogP contribution in [0.4, 0.5) is 0 Å². The van der Waals surface area contributed by atoms with E-state index in [1.807, 2.05) is 30.3 Å². The third-order valence-corrected chi connectivity index (χ3v) is 6.39. The van der Waals surface area contributed by atoms with Crippen LogP contribution in [0.15, 0.2) is 59.5 Å². The van der Waals surface area contributed by atoms with Gasteiger partial charge in [-0.2, -0.15) is 0 Å². The summed E-state index contributed by atoms with van der Waals surface area (Å²) in [5.74, 6) is -1.09. The fourth-order valence-electron chi connectivity index (χ4n) is 3.38. The highest BCUT2D eigenvalue weighted by atomic mass is 32.2. The number of carbonyl (C=O) groups excluding carboxylic acids is 2. The standard InChI is InChI=1S/C22H26N2O5S/c25-21(24-19-11-5-2-6-12-19)16-29-22(26)18-10-7-13-20(14-18)30(27,28)23-15-17-8-3-1-4-9-17/h1,3-4,7-10,13-14,19,23H,2,5-6,11-12,15-16H2,(H,24,25). The van der Waals surface area contributed by atoms with Crippen molar-refractivity contribution in [3.63, 3.8) is 0 Å². The number of nitrogens with one attached hydrogen (secondary N) is 2. The Morgan fingerprint density at radius 2 is 1.70 bits per heavy atom. The molecule has 1 aliphatic rings. The molecule has 8 heteroatoms. The van der Waals surface area contributed by atoms with Gasteiger partial charge in [-0.1, -0.05) is 55.7 Å². The van der Waals surface area contributed by atoms with E-state index < -0.39 is 22.6 Å². The predicted octanol–water partition coefficient (Wildman–Crippen LogP) is 2.77. The van der Waals surface area contributed by atoms with E-state index >= 15 is 0 Å². The molecule has 0 heterocycles. The first-order valence-electron chi connectivity index (χ1n) is 10.0. The highest BCUT2D eigenvalue weighted by Gasteiger charge is 2.19. The molecule has 1 saturated carbocycles. The minimum atomic E-state index is -3.80. The van der Waals surface area contributed by atoms with Crippen LogP contribution >= 0.6 is 0 Å². The lowest BCUT2D eigenvalue weighted by Gasteiger charge is -2.22. The molecule has 3 rings (SSSR count). The van der Waals surface area contributed by atoms with Crippen molar-refractivity contribution >= 4 is 21.9 Å². The van der Waals surface area contributed by atoms with Crippen molar-refractivity contribution < 1.29 is 22.7 Å². The summed E-state index contributed by atoms with van der Waals surface area (Å²) in [5, 5.41) is 2.87. The molecule has 2 aromatic rings.